The number of rotatable bonds is 2. The molecule has 4 heteroatoms. The average Bonchev–Trinajstić information content (AvgIpc) is 2.65. The third kappa shape index (κ3) is 1.61. The van der Waals surface area contributed by atoms with Crippen LogP contribution in [0.1, 0.15) is 6.04 Å². The lowest BCUT2D eigenvalue weighted by Gasteiger charge is -2.27. The molecule has 0 saturated carbocycles. The van der Waals surface area contributed by atoms with Gasteiger partial charge in [-0.15, -0.1) is 0 Å². The van der Waals surface area contributed by atoms with Crippen LogP contribution in [0.4, 0.5) is 4.39 Å². The lowest BCUT2D eigenvalue weighted by molar-refractivity contribution is 0.343. The maximum absolute atomic E-state index is 12.8. The lowest BCUT2D eigenvalue weighted by atomic mass is 10.1. The van der Waals surface area contributed by atoms with Crippen molar-refractivity contribution in [1.29, 1.82) is 0 Å². The Morgan fingerprint density at radius 1 is 1.25 bits per heavy atom. The fraction of sp³-hybridized carbons (Fsp3) is 0.250. The van der Waals surface area contributed by atoms with E-state index in [1.54, 1.807) is 12.1 Å². The van der Waals surface area contributed by atoms with Crippen LogP contribution in [-0.2, 0) is 0 Å². The van der Waals surface area contributed by atoms with Crippen LogP contribution < -0.4 is 5.32 Å². The molecule has 1 saturated heterocycles. The van der Waals surface area contributed by atoms with Gasteiger partial charge in [-0.3, -0.25) is 0 Å². The minimum Gasteiger partial charge on any atom is -0.331 e. The highest BCUT2D eigenvalue weighted by atomic mass is 19.1. The first kappa shape index (κ1) is 9.54. The molecule has 1 aliphatic rings. The second-order valence-corrected chi connectivity index (χ2v) is 4.03. The first-order valence-electron chi connectivity index (χ1n) is 5.33. The van der Waals surface area contributed by atoms with E-state index in [0.717, 1.165) is 24.3 Å². The zero-order chi connectivity index (χ0) is 11.0. The molecule has 2 heterocycles. The summed E-state index contributed by atoms with van der Waals surface area (Å²) in [5.74, 6) is -0.216. The Bertz CT molecular complexity index is 485. The Labute approximate surface area is 92.9 Å². The summed E-state index contributed by atoms with van der Waals surface area (Å²) in [6.07, 6.45) is 3.85. The van der Waals surface area contributed by atoms with Gasteiger partial charge < -0.3 is 9.88 Å². The van der Waals surface area contributed by atoms with Crippen molar-refractivity contribution in [2.24, 2.45) is 0 Å². The van der Waals surface area contributed by atoms with E-state index in [9.17, 15) is 4.39 Å². The highest BCUT2D eigenvalue weighted by molar-refractivity contribution is 5.57. The van der Waals surface area contributed by atoms with Gasteiger partial charge >= 0.3 is 0 Å². The first-order valence-corrected chi connectivity index (χ1v) is 5.33. The average molecular weight is 217 g/mol. The van der Waals surface area contributed by atoms with Gasteiger partial charge in [0.25, 0.3) is 0 Å². The number of nitrogens with one attached hydrogen (secondary N) is 1. The van der Waals surface area contributed by atoms with Crippen LogP contribution in [0.25, 0.3) is 11.3 Å². The minimum absolute atomic E-state index is 0.216. The van der Waals surface area contributed by atoms with Gasteiger partial charge in [0.15, 0.2) is 0 Å². The molecule has 0 unspecified atom stereocenters. The summed E-state index contributed by atoms with van der Waals surface area (Å²) in [5.41, 5.74) is 1.85. The molecule has 0 aliphatic carbocycles. The Kier molecular flexibility index (Phi) is 2.22. The molecule has 3 nitrogen and oxygen atoms in total. The molecule has 1 N–H and O–H groups in total. The monoisotopic (exact) mass is 217 g/mol. The summed E-state index contributed by atoms with van der Waals surface area (Å²) in [6.45, 7) is 2.00. The summed E-state index contributed by atoms with van der Waals surface area (Å²) in [7, 11) is 0. The van der Waals surface area contributed by atoms with Crippen molar-refractivity contribution in [3.05, 3.63) is 42.6 Å². The first-order chi connectivity index (χ1) is 7.83. The van der Waals surface area contributed by atoms with Crippen LogP contribution >= 0.6 is 0 Å². The predicted molar refractivity (Wildman–Crippen MR) is 59.5 cm³/mol. The summed E-state index contributed by atoms with van der Waals surface area (Å²) < 4.78 is 14.9. The van der Waals surface area contributed by atoms with E-state index >= 15 is 0 Å². The van der Waals surface area contributed by atoms with Crippen LogP contribution in [0.15, 0.2) is 36.8 Å². The Morgan fingerprint density at radius 3 is 2.62 bits per heavy atom. The van der Waals surface area contributed by atoms with Gasteiger partial charge in [0, 0.05) is 24.8 Å². The third-order valence-corrected chi connectivity index (χ3v) is 2.92. The molecule has 1 fully saturated rings. The summed E-state index contributed by atoms with van der Waals surface area (Å²) in [6, 6.07) is 6.93. The van der Waals surface area contributed by atoms with E-state index in [4.69, 9.17) is 0 Å². The molecule has 82 valence electrons. The summed E-state index contributed by atoms with van der Waals surface area (Å²) in [4.78, 5) is 4.33. The van der Waals surface area contributed by atoms with Crippen molar-refractivity contribution >= 4 is 0 Å². The van der Waals surface area contributed by atoms with Crippen LogP contribution in [0.2, 0.25) is 0 Å². The third-order valence-electron chi connectivity index (χ3n) is 2.92. The topological polar surface area (TPSA) is 29.9 Å². The molecule has 0 atom stereocenters. The van der Waals surface area contributed by atoms with Crippen molar-refractivity contribution in [3.8, 4) is 11.3 Å². The predicted octanol–water partition coefficient (Wildman–Crippen LogP) is 1.83. The largest absolute Gasteiger partial charge is 0.331 e. The van der Waals surface area contributed by atoms with Crippen molar-refractivity contribution in [2.45, 2.75) is 6.04 Å². The molecule has 0 radical (unpaired) electrons. The van der Waals surface area contributed by atoms with E-state index in [0.29, 0.717) is 6.04 Å². The molecule has 0 spiro atoms. The summed E-state index contributed by atoms with van der Waals surface area (Å²) >= 11 is 0. The van der Waals surface area contributed by atoms with Crippen LogP contribution in [-0.4, -0.2) is 22.6 Å². The maximum Gasteiger partial charge on any atom is 0.123 e. The normalized spacial score (nSPS) is 16.1. The van der Waals surface area contributed by atoms with Crippen molar-refractivity contribution in [1.82, 2.24) is 14.9 Å². The molecule has 0 bridgehead atoms. The highest BCUT2D eigenvalue weighted by Gasteiger charge is 2.18. The van der Waals surface area contributed by atoms with Crippen molar-refractivity contribution in [2.75, 3.05) is 13.1 Å². The molecule has 1 aromatic carbocycles. The van der Waals surface area contributed by atoms with Gasteiger partial charge in [0.1, 0.15) is 5.82 Å². The molecule has 16 heavy (non-hydrogen) atoms. The number of halogens is 1. The molecular weight excluding hydrogens is 205 g/mol. The number of imidazole rings is 1. The number of hydrogen-bond acceptors (Lipinski definition) is 2. The lowest BCUT2D eigenvalue weighted by Crippen LogP contribution is -2.42. The van der Waals surface area contributed by atoms with Gasteiger partial charge in [-0.1, -0.05) is 0 Å². The molecule has 2 aromatic rings. The minimum atomic E-state index is -0.216. The van der Waals surface area contributed by atoms with Gasteiger partial charge in [0.05, 0.1) is 18.1 Å². The van der Waals surface area contributed by atoms with Gasteiger partial charge in [-0.25, -0.2) is 9.37 Å². The fourth-order valence-corrected chi connectivity index (χ4v) is 1.79. The zero-order valence-electron chi connectivity index (χ0n) is 8.73. The standard InChI is InChI=1S/C12H12FN3/c13-10-3-1-9(2-4-10)12-7-16(8-15-12)11-5-14-6-11/h1-4,7-8,11,14H,5-6H2. The number of nitrogens with zero attached hydrogens (tertiary/aromatic N) is 2. The van der Waals surface area contributed by atoms with E-state index < -0.39 is 0 Å². The second kappa shape index (κ2) is 3.72. The fourth-order valence-electron chi connectivity index (χ4n) is 1.79. The van der Waals surface area contributed by atoms with Gasteiger partial charge in [-0.2, -0.15) is 0 Å². The number of hydrogen-bond donors (Lipinski definition) is 1. The molecule has 0 amide bonds. The van der Waals surface area contributed by atoms with E-state index in [1.165, 1.54) is 12.1 Å². The molecule has 1 aromatic heterocycles. The quantitative estimate of drug-likeness (QED) is 0.831. The summed E-state index contributed by atoms with van der Waals surface area (Å²) in [5, 5.41) is 3.22. The Hall–Kier alpha value is -1.68. The Morgan fingerprint density at radius 2 is 2.00 bits per heavy atom. The Balaban J connectivity index is 1.88. The second-order valence-electron chi connectivity index (χ2n) is 4.03. The highest BCUT2D eigenvalue weighted by Crippen LogP contribution is 2.20. The van der Waals surface area contributed by atoms with Gasteiger partial charge in [0.2, 0.25) is 0 Å². The van der Waals surface area contributed by atoms with Crippen molar-refractivity contribution < 1.29 is 4.39 Å². The van der Waals surface area contributed by atoms with Crippen LogP contribution in [0.3, 0.4) is 0 Å². The molecule has 1 aliphatic heterocycles. The van der Waals surface area contributed by atoms with E-state index in [1.807, 2.05) is 12.5 Å². The number of aromatic nitrogens is 2. The SMILES string of the molecule is Fc1ccc(-c2cn(C3CNC3)cn2)cc1. The smallest absolute Gasteiger partial charge is 0.123 e. The maximum atomic E-state index is 12.8. The van der Waals surface area contributed by atoms with E-state index in [2.05, 4.69) is 14.9 Å². The van der Waals surface area contributed by atoms with E-state index in [-0.39, 0.29) is 5.82 Å². The number of benzene rings is 1. The van der Waals surface area contributed by atoms with Crippen LogP contribution in [0, 0.1) is 5.82 Å². The molecule has 3 rings (SSSR count). The van der Waals surface area contributed by atoms with Gasteiger partial charge in [-0.05, 0) is 24.3 Å². The van der Waals surface area contributed by atoms with Crippen molar-refractivity contribution in [3.63, 3.8) is 0 Å². The zero-order valence-corrected chi connectivity index (χ0v) is 8.73. The molecular formula is C12H12FN3. The van der Waals surface area contributed by atoms with Crippen LogP contribution in [0.5, 0.6) is 0 Å².